The number of thioether (sulfide) groups is 1. The van der Waals surface area contributed by atoms with Gasteiger partial charge >= 0.3 is 0 Å². The third kappa shape index (κ3) is 4.45. The van der Waals surface area contributed by atoms with Gasteiger partial charge in [-0.3, -0.25) is 4.79 Å². The second kappa shape index (κ2) is 8.09. The molecule has 2 aromatic rings. The van der Waals surface area contributed by atoms with Crippen molar-refractivity contribution in [3.63, 3.8) is 0 Å². The van der Waals surface area contributed by atoms with Gasteiger partial charge in [0.15, 0.2) is 11.8 Å². The molecular formula is C19H14ClN3O2S. The van der Waals surface area contributed by atoms with E-state index in [1.807, 2.05) is 37.3 Å². The van der Waals surface area contributed by atoms with Crippen LogP contribution in [0.4, 0.5) is 5.69 Å². The number of carbonyl (C=O) groups excluding carboxylic acids is 1. The SMILES string of the molecule is Cc1ccc(N=C2NC(=O)C(=Cc3ccc(OCC#N)cc3)S2)cc1Cl. The Morgan fingerprint density at radius 3 is 2.77 bits per heavy atom. The van der Waals surface area contributed by atoms with Crippen LogP contribution < -0.4 is 10.1 Å². The van der Waals surface area contributed by atoms with Gasteiger partial charge in [0.1, 0.15) is 11.8 Å². The third-order valence-corrected chi connectivity index (χ3v) is 4.84. The minimum absolute atomic E-state index is 0.00153. The molecule has 2 aromatic carbocycles. The van der Waals surface area contributed by atoms with Crippen molar-refractivity contribution in [2.45, 2.75) is 6.92 Å². The Labute approximate surface area is 160 Å². The van der Waals surface area contributed by atoms with Crippen LogP contribution in [0.1, 0.15) is 11.1 Å². The summed E-state index contributed by atoms with van der Waals surface area (Å²) in [5.74, 6) is 0.410. The van der Waals surface area contributed by atoms with Gasteiger partial charge in [-0.2, -0.15) is 5.26 Å². The first kappa shape index (κ1) is 18.1. The largest absolute Gasteiger partial charge is 0.479 e. The van der Waals surface area contributed by atoms with Gasteiger partial charge in [-0.15, -0.1) is 0 Å². The summed E-state index contributed by atoms with van der Waals surface area (Å²) in [5.41, 5.74) is 2.51. The Bertz CT molecular complexity index is 946. The van der Waals surface area contributed by atoms with Crippen LogP contribution in [0, 0.1) is 18.3 Å². The van der Waals surface area contributed by atoms with E-state index in [2.05, 4.69) is 10.3 Å². The standard InChI is InChI=1S/C19H14ClN3O2S/c1-12-2-5-14(11-16(12)20)22-19-23-18(24)17(26-19)10-13-3-6-15(7-4-13)25-9-8-21/h2-7,10-11H,9H2,1H3,(H,22,23,24). The number of amidine groups is 1. The monoisotopic (exact) mass is 383 g/mol. The van der Waals surface area contributed by atoms with Gasteiger partial charge in [0, 0.05) is 5.02 Å². The van der Waals surface area contributed by atoms with Crippen molar-refractivity contribution in [1.82, 2.24) is 5.32 Å². The molecule has 7 heteroatoms. The number of nitriles is 1. The molecule has 1 aliphatic rings. The van der Waals surface area contributed by atoms with E-state index in [1.54, 1.807) is 24.3 Å². The predicted octanol–water partition coefficient (Wildman–Crippen LogP) is 4.44. The molecule has 0 spiro atoms. The molecular weight excluding hydrogens is 370 g/mol. The Hall–Kier alpha value is -2.75. The number of ether oxygens (including phenoxy) is 1. The molecule has 0 aliphatic carbocycles. The number of halogens is 1. The van der Waals surface area contributed by atoms with Crippen LogP contribution in [0.25, 0.3) is 6.08 Å². The zero-order valence-corrected chi connectivity index (χ0v) is 15.4. The van der Waals surface area contributed by atoms with Crippen molar-refractivity contribution in [3.8, 4) is 11.8 Å². The van der Waals surface area contributed by atoms with Crippen LogP contribution in [0.3, 0.4) is 0 Å². The van der Waals surface area contributed by atoms with E-state index in [0.29, 0.717) is 26.5 Å². The molecule has 0 unspecified atom stereocenters. The summed E-state index contributed by atoms with van der Waals surface area (Å²) in [5, 5.41) is 12.4. The number of rotatable bonds is 4. The van der Waals surface area contributed by atoms with Crippen LogP contribution >= 0.6 is 23.4 Å². The normalized spacial score (nSPS) is 16.6. The molecule has 1 saturated heterocycles. The minimum atomic E-state index is -0.197. The fourth-order valence-electron chi connectivity index (χ4n) is 2.18. The number of hydrogen-bond donors (Lipinski definition) is 1. The van der Waals surface area contributed by atoms with Crippen LogP contribution in [-0.2, 0) is 4.79 Å². The first-order valence-electron chi connectivity index (χ1n) is 7.71. The van der Waals surface area contributed by atoms with E-state index >= 15 is 0 Å². The highest BCUT2D eigenvalue weighted by atomic mass is 35.5. The number of nitrogens with one attached hydrogen (secondary N) is 1. The van der Waals surface area contributed by atoms with Crippen molar-refractivity contribution in [2.24, 2.45) is 4.99 Å². The summed E-state index contributed by atoms with van der Waals surface area (Å²) >= 11 is 7.38. The zero-order chi connectivity index (χ0) is 18.5. The fraction of sp³-hybridized carbons (Fsp3) is 0.105. The Morgan fingerprint density at radius 1 is 1.31 bits per heavy atom. The van der Waals surface area contributed by atoms with Gasteiger partial charge in [0.25, 0.3) is 5.91 Å². The number of benzene rings is 2. The van der Waals surface area contributed by atoms with Gasteiger partial charge in [-0.1, -0.05) is 29.8 Å². The summed E-state index contributed by atoms with van der Waals surface area (Å²) in [6, 6.07) is 14.6. The first-order valence-corrected chi connectivity index (χ1v) is 8.90. The lowest BCUT2D eigenvalue weighted by Crippen LogP contribution is -2.19. The summed E-state index contributed by atoms with van der Waals surface area (Å²) in [6.07, 6.45) is 1.78. The van der Waals surface area contributed by atoms with Gasteiger partial charge in [0.2, 0.25) is 0 Å². The second-order valence-electron chi connectivity index (χ2n) is 5.43. The maximum atomic E-state index is 12.1. The Balaban J connectivity index is 1.74. The van der Waals surface area contributed by atoms with E-state index in [9.17, 15) is 4.79 Å². The molecule has 5 nitrogen and oxygen atoms in total. The molecule has 0 saturated carbocycles. The number of carbonyl (C=O) groups is 1. The number of hydrogen-bond acceptors (Lipinski definition) is 5. The number of nitrogens with zero attached hydrogens (tertiary/aromatic N) is 2. The number of aliphatic imine (C=N–C) groups is 1. The van der Waals surface area contributed by atoms with Crippen molar-refractivity contribution in [2.75, 3.05) is 6.61 Å². The topological polar surface area (TPSA) is 74.5 Å². The van der Waals surface area contributed by atoms with E-state index in [1.165, 1.54) is 11.8 Å². The molecule has 1 fully saturated rings. The van der Waals surface area contributed by atoms with E-state index in [4.69, 9.17) is 21.6 Å². The second-order valence-corrected chi connectivity index (χ2v) is 6.87. The van der Waals surface area contributed by atoms with E-state index in [-0.39, 0.29) is 12.5 Å². The molecule has 0 aromatic heterocycles. The van der Waals surface area contributed by atoms with Gasteiger partial charge in [-0.05, 0) is 60.2 Å². The predicted molar refractivity (Wildman–Crippen MR) is 105 cm³/mol. The van der Waals surface area contributed by atoms with Crippen molar-refractivity contribution in [3.05, 3.63) is 63.5 Å². The molecule has 26 heavy (non-hydrogen) atoms. The van der Waals surface area contributed by atoms with Crippen LogP contribution in [0.15, 0.2) is 52.4 Å². The molecule has 3 rings (SSSR count). The van der Waals surface area contributed by atoms with Gasteiger partial charge in [-0.25, -0.2) is 4.99 Å². The maximum absolute atomic E-state index is 12.1. The van der Waals surface area contributed by atoms with Crippen molar-refractivity contribution < 1.29 is 9.53 Å². The maximum Gasteiger partial charge on any atom is 0.264 e. The smallest absolute Gasteiger partial charge is 0.264 e. The minimum Gasteiger partial charge on any atom is -0.479 e. The third-order valence-electron chi connectivity index (χ3n) is 3.52. The fourth-order valence-corrected chi connectivity index (χ4v) is 3.19. The molecule has 130 valence electrons. The van der Waals surface area contributed by atoms with Crippen LogP contribution in [0.2, 0.25) is 5.02 Å². The average Bonchev–Trinajstić information content (AvgIpc) is 2.96. The molecule has 1 amide bonds. The van der Waals surface area contributed by atoms with Crippen LogP contribution in [-0.4, -0.2) is 17.7 Å². The molecule has 0 bridgehead atoms. The number of aryl methyl sites for hydroxylation is 1. The van der Waals surface area contributed by atoms with E-state index < -0.39 is 0 Å². The number of amides is 1. The average molecular weight is 384 g/mol. The summed E-state index contributed by atoms with van der Waals surface area (Å²) in [7, 11) is 0. The van der Waals surface area contributed by atoms with Gasteiger partial charge in [0.05, 0.1) is 10.6 Å². The Kier molecular flexibility index (Phi) is 5.61. The van der Waals surface area contributed by atoms with Crippen molar-refractivity contribution in [1.29, 1.82) is 5.26 Å². The Morgan fingerprint density at radius 2 is 2.08 bits per heavy atom. The van der Waals surface area contributed by atoms with E-state index in [0.717, 1.165) is 11.1 Å². The molecule has 1 heterocycles. The zero-order valence-electron chi connectivity index (χ0n) is 13.8. The quantitative estimate of drug-likeness (QED) is 0.792. The van der Waals surface area contributed by atoms with Crippen molar-refractivity contribution >= 4 is 46.2 Å². The molecule has 0 radical (unpaired) electrons. The highest BCUT2D eigenvalue weighted by molar-refractivity contribution is 8.18. The summed E-state index contributed by atoms with van der Waals surface area (Å²) in [6.45, 7) is 1.92. The highest BCUT2D eigenvalue weighted by Crippen LogP contribution is 2.29. The molecule has 0 atom stereocenters. The highest BCUT2D eigenvalue weighted by Gasteiger charge is 2.23. The lowest BCUT2D eigenvalue weighted by atomic mass is 10.2. The molecule has 1 N–H and O–H groups in total. The lowest BCUT2D eigenvalue weighted by Gasteiger charge is -2.01. The van der Waals surface area contributed by atoms with Crippen LogP contribution in [0.5, 0.6) is 5.75 Å². The summed E-state index contributed by atoms with van der Waals surface area (Å²) in [4.78, 5) is 17.1. The first-order chi connectivity index (χ1) is 12.5. The summed E-state index contributed by atoms with van der Waals surface area (Å²) < 4.78 is 5.21. The molecule has 1 aliphatic heterocycles. The lowest BCUT2D eigenvalue weighted by molar-refractivity contribution is -0.115. The van der Waals surface area contributed by atoms with Gasteiger partial charge < -0.3 is 10.1 Å².